The van der Waals surface area contributed by atoms with Gasteiger partial charge in [-0.15, -0.1) is 0 Å². The van der Waals surface area contributed by atoms with Gasteiger partial charge in [0.15, 0.2) is 11.6 Å². The third-order valence-electron chi connectivity index (χ3n) is 12.2. The molecule has 8 nitrogen and oxygen atoms in total. The van der Waals surface area contributed by atoms with Gasteiger partial charge < -0.3 is 24.8 Å². The van der Waals surface area contributed by atoms with Crippen LogP contribution >= 0.6 is 0 Å². The molecule has 2 bridgehead atoms. The highest BCUT2D eigenvalue weighted by Crippen LogP contribution is 2.43. The molecule has 9 heteroatoms. The minimum absolute atomic E-state index is 0.0238. The Balaban J connectivity index is 0.988. The summed E-state index contributed by atoms with van der Waals surface area (Å²) in [6.45, 7) is 4.96. The molecule has 0 unspecified atom stereocenters. The fourth-order valence-corrected chi connectivity index (χ4v) is 8.59. The smallest absolute Gasteiger partial charge is 0.312 e. The minimum Gasteiger partial charge on any atom is -0.496 e. The van der Waals surface area contributed by atoms with Gasteiger partial charge in [-0.3, -0.25) is 14.4 Å². The number of halogens is 1. The Morgan fingerprint density at radius 2 is 1.61 bits per heavy atom. The van der Waals surface area contributed by atoms with Gasteiger partial charge in [0.05, 0.1) is 30.1 Å². The molecule has 3 aromatic carbocycles. The Labute approximate surface area is 299 Å². The van der Waals surface area contributed by atoms with E-state index in [-0.39, 0.29) is 70.9 Å². The molecule has 3 aromatic rings. The first-order valence-corrected chi connectivity index (χ1v) is 18.5. The van der Waals surface area contributed by atoms with Crippen molar-refractivity contribution in [2.24, 2.45) is 28.6 Å². The lowest BCUT2D eigenvalue weighted by atomic mass is 9.65. The summed E-state index contributed by atoms with van der Waals surface area (Å²) >= 11 is 0. The van der Waals surface area contributed by atoms with E-state index in [0.29, 0.717) is 32.2 Å². The maximum atomic E-state index is 15.4. The molecule has 8 rings (SSSR count). The number of hydrogen-bond donors (Lipinski definition) is 2. The molecule has 51 heavy (non-hydrogen) atoms. The lowest BCUT2D eigenvalue weighted by Crippen LogP contribution is -2.57. The molecule has 0 radical (unpaired) electrons. The van der Waals surface area contributed by atoms with Crippen LogP contribution in [0.4, 0.5) is 4.39 Å². The maximum Gasteiger partial charge on any atom is 0.312 e. The molecule has 2 N–H and O–H groups in total. The number of rotatable bonds is 11. The summed E-state index contributed by atoms with van der Waals surface area (Å²) in [6.07, 6.45) is 11.2. The molecule has 0 aliphatic heterocycles. The zero-order valence-corrected chi connectivity index (χ0v) is 29.8. The topological polar surface area (TPSA) is 103 Å². The molecule has 3 fully saturated rings. The molecule has 5 aliphatic rings. The second-order valence-corrected chi connectivity index (χ2v) is 15.8. The first-order chi connectivity index (χ1) is 24.6. The van der Waals surface area contributed by atoms with Crippen molar-refractivity contribution in [2.75, 3.05) is 13.7 Å². The van der Waals surface area contributed by atoms with Gasteiger partial charge in [-0.1, -0.05) is 68.0 Å². The van der Waals surface area contributed by atoms with E-state index in [1.54, 1.807) is 0 Å². The van der Waals surface area contributed by atoms with E-state index in [2.05, 4.69) is 29.7 Å². The van der Waals surface area contributed by atoms with Crippen LogP contribution in [-0.2, 0) is 20.9 Å². The fraction of sp³-hybridized carbons (Fsp3) is 0.500. The number of carbonyl (C=O) groups is 3. The summed E-state index contributed by atoms with van der Waals surface area (Å²) in [5.74, 6) is -1.58. The van der Waals surface area contributed by atoms with Crippen molar-refractivity contribution < 1.29 is 33.0 Å². The average Bonchev–Trinajstić information content (AvgIpc) is 3.14. The number of ether oxygens (including phenoxy) is 3. The number of allylic oxidation sites excluding steroid dienone is 1. The van der Waals surface area contributed by atoms with Crippen molar-refractivity contribution in [3.05, 3.63) is 83.7 Å². The van der Waals surface area contributed by atoms with Crippen LogP contribution in [0.1, 0.15) is 87.6 Å². The highest BCUT2D eigenvalue weighted by molar-refractivity contribution is 5.98. The van der Waals surface area contributed by atoms with Gasteiger partial charge >= 0.3 is 5.97 Å². The van der Waals surface area contributed by atoms with Crippen molar-refractivity contribution in [3.8, 4) is 11.5 Å². The molecule has 0 saturated heterocycles. The summed E-state index contributed by atoms with van der Waals surface area (Å²) in [4.78, 5) is 40.7. The molecule has 0 aromatic heterocycles. The molecule has 5 aliphatic carbocycles. The van der Waals surface area contributed by atoms with Crippen LogP contribution in [0.5, 0.6) is 11.5 Å². The van der Waals surface area contributed by atoms with Crippen LogP contribution in [0.25, 0.3) is 10.8 Å². The third-order valence-corrected chi connectivity index (χ3v) is 12.2. The lowest BCUT2D eigenvalue weighted by Gasteiger charge is -2.45. The van der Waals surface area contributed by atoms with Gasteiger partial charge in [0.25, 0.3) is 5.91 Å². The number of carbonyl (C=O) groups excluding carboxylic acids is 3. The van der Waals surface area contributed by atoms with Gasteiger partial charge in [-0.2, -0.15) is 0 Å². The van der Waals surface area contributed by atoms with Crippen LogP contribution in [0.2, 0.25) is 0 Å². The molecule has 3 saturated carbocycles. The molecule has 4 atom stereocenters. The van der Waals surface area contributed by atoms with Gasteiger partial charge in [-0.25, -0.2) is 4.39 Å². The quantitative estimate of drug-likeness (QED) is 0.158. The minimum atomic E-state index is -0.680. The van der Waals surface area contributed by atoms with Gasteiger partial charge in [0, 0.05) is 18.7 Å². The lowest BCUT2D eigenvalue weighted by molar-refractivity contribution is -0.159. The zero-order valence-electron chi connectivity index (χ0n) is 29.8. The van der Waals surface area contributed by atoms with E-state index < -0.39 is 17.1 Å². The monoisotopic (exact) mass is 696 g/mol. The number of methoxy groups -OCH3 is 1. The standard InChI is InChI=1S/C42H49FN2O6/c1-41(18-7-19-41)25-44-39(47)36-27-12-14-28(15-13-27)37(36)45-38(46)32-22-35(33(43)23-34(32)49-3)51-30-16-20-42(2,21-17-30)40(48)50-24-29-10-6-9-26-8-4-5-11-31(26)29/h4-6,8-12,14,22-23,27-28,30,36-37H,7,13,15-21,24-25H2,1-3H3,(H,44,47)(H,45,46)/t27-,28+,30-,36-,37+,42+/m0/s1. The van der Waals surface area contributed by atoms with E-state index in [0.717, 1.165) is 42.0 Å². The second kappa shape index (κ2) is 14.3. The third kappa shape index (κ3) is 7.22. The van der Waals surface area contributed by atoms with E-state index in [1.165, 1.54) is 25.7 Å². The van der Waals surface area contributed by atoms with Gasteiger partial charge in [0.2, 0.25) is 5.91 Å². The van der Waals surface area contributed by atoms with E-state index >= 15 is 4.39 Å². The zero-order chi connectivity index (χ0) is 35.8. The largest absolute Gasteiger partial charge is 0.496 e. The van der Waals surface area contributed by atoms with Gasteiger partial charge in [0.1, 0.15) is 12.4 Å². The number of hydrogen-bond acceptors (Lipinski definition) is 6. The average molecular weight is 697 g/mol. The van der Waals surface area contributed by atoms with Crippen molar-refractivity contribution in [1.82, 2.24) is 10.6 Å². The normalized spacial score (nSPS) is 27.6. The Morgan fingerprint density at radius 1 is 0.882 bits per heavy atom. The Morgan fingerprint density at radius 3 is 2.31 bits per heavy atom. The number of benzene rings is 3. The van der Waals surface area contributed by atoms with Crippen LogP contribution in [-0.4, -0.2) is 43.6 Å². The summed E-state index contributed by atoms with van der Waals surface area (Å²) in [6, 6.07) is 16.2. The summed E-state index contributed by atoms with van der Waals surface area (Å²) in [5.41, 5.74) is 0.577. The molecular weight excluding hydrogens is 647 g/mol. The van der Waals surface area contributed by atoms with Crippen molar-refractivity contribution in [2.45, 2.75) is 90.4 Å². The summed E-state index contributed by atoms with van der Waals surface area (Å²) < 4.78 is 32.8. The highest BCUT2D eigenvalue weighted by atomic mass is 19.1. The number of amides is 2. The van der Waals surface area contributed by atoms with Crippen molar-refractivity contribution in [3.63, 3.8) is 0 Å². The first kappa shape index (κ1) is 35.0. The predicted molar refractivity (Wildman–Crippen MR) is 193 cm³/mol. The number of nitrogens with one attached hydrogen (secondary N) is 2. The Hall–Kier alpha value is -4.40. The van der Waals surface area contributed by atoms with E-state index in [4.69, 9.17) is 14.2 Å². The van der Waals surface area contributed by atoms with E-state index in [1.807, 2.05) is 49.4 Å². The Kier molecular flexibility index (Phi) is 9.83. The van der Waals surface area contributed by atoms with Crippen LogP contribution in [0.15, 0.2) is 66.7 Å². The first-order valence-electron chi connectivity index (χ1n) is 18.5. The van der Waals surface area contributed by atoms with Crippen molar-refractivity contribution in [1.29, 1.82) is 0 Å². The second-order valence-electron chi connectivity index (χ2n) is 15.8. The summed E-state index contributed by atoms with van der Waals surface area (Å²) in [5, 5.41) is 8.50. The number of esters is 1. The molecular formula is C42H49FN2O6. The van der Waals surface area contributed by atoms with Gasteiger partial charge in [-0.05, 0) is 97.9 Å². The van der Waals surface area contributed by atoms with E-state index in [9.17, 15) is 14.4 Å². The summed E-state index contributed by atoms with van der Waals surface area (Å²) in [7, 11) is 1.40. The SMILES string of the molecule is COc1cc(F)c(O[C@H]2CC[C@@](C)(C(=O)OCc3cccc4ccccc34)CC2)cc1C(=O)N[C@H]1[C@@H](C(=O)NCC2(C)CCC2)[C@H]2C=C[C@@H]1CC2. The van der Waals surface area contributed by atoms with Crippen molar-refractivity contribution >= 4 is 28.6 Å². The maximum absolute atomic E-state index is 15.4. The van der Waals surface area contributed by atoms with Crippen LogP contribution < -0.4 is 20.1 Å². The van der Waals surface area contributed by atoms with Crippen LogP contribution in [0, 0.1) is 34.4 Å². The van der Waals surface area contributed by atoms with Crippen LogP contribution in [0.3, 0.4) is 0 Å². The molecule has 0 heterocycles. The Bertz CT molecular complexity index is 1820. The molecule has 2 amide bonds. The molecule has 270 valence electrons. The molecule has 0 spiro atoms. The highest BCUT2D eigenvalue weighted by Gasteiger charge is 2.46. The predicted octanol–water partition coefficient (Wildman–Crippen LogP) is 7.68. The number of fused-ring (bicyclic) bond motifs is 3. The fourth-order valence-electron chi connectivity index (χ4n) is 8.59.